The Morgan fingerprint density at radius 1 is 1.07 bits per heavy atom. The zero-order valence-corrected chi connectivity index (χ0v) is 18.8. The molecule has 29 heavy (non-hydrogen) atoms. The second kappa shape index (κ2) is 11.3. The molecule has 2 atom stereocenters. The Morgan fingerprint density at radius 2 is 1.76 bits per heavy atom. The normalized spacial score (nSPS) is 12.9. The lowest BCUT2D eigenvalue weighted by Crippen LogP contribution is -2.25. The highest BCUT2D eigenvalue weighted by Crippen LogP contribution is 2.28. The second-order valence-corrected chi connectivity index (χ2v) is 9.65. The Balaban J connectivity index is 1.83. The zero-order valence-electron chi connectivity index (χ0n) is 17.1. The summed E-state index contributed by atoms with van der Waals surface area (Å²) < 4.78 is 12.9. The van der Waals surface area contributed by atoms with Crippen molar-refractivity contribution in [2.75, 3.05) is 16.4 Å². The maximum atomic E-state index is 12.9. The highest BCUT2D eigenvalue weighted by Gasteiger charge is 2.16. The molecule has 0 heterocycles. The van der Waals surface area contributed by atoms with E-state index < -0.39 is 0 Å². The number of anilines is 2. The number of amides is 2. The van der Waals surface area contributed by atoms with E-state index in [-0.39, 0.29) is 28.6 Å². The lowest BCUT2D eigenvalue weighted by molar-refractivity contribution is -0.115. The van der Waals surface area contributed by atoms with Gasteiger partial charge in [0.05, 0.1) is 11.0 Å². The number of hydrogen-bond acceptors (Lipinski definition) is 4. The van der Waals surface area contributed by atoms with Crippen molar-refractivity contribution in [2.24, 2.45) is 0 Å². The van der Waals surface area contributed by atoms with Crippen LogP contribution in [0.25, 0.3) is 0 Å². The van der Waals surface area contributed by atoms with Crippen LogP contribution in [-0.4, -0.2) is 28.1 Å². The van der Waals surface area contributed by atoms with Crippen LogP contribution in [0.4, 0.5) is 15.8 Å². The lowest BCUT2D eigenvalue weighted by Gasteiger charge is -2.15. The third kappa shape index (κ3) is 7.74. The first-order valence-electron chi connectivity index (χ1n) is 9.53. The summed E-state index contributed by atoms with van der Waals surface area (Å²) in [6.45, 7) is 8.11. The minimum atomic E-state index is -0.387. The van der Waals surface area contributed by atoms with E-state index in [0.717, 1.165) is 17.7 Å². The van der Waals surface area contributed by atoms with Crippen molar-refractivity contribution in [3.05, 3.63) is 53.8 Å². The summed E-state index contributed by atoms with van der Waals surface area (Å²) in [4.78, 5) is 25.7. The van der Waals surface area contributed by atoms with Crippen molar-refractivity contribution in [2.45, 2.75) is 49.5 Å². The summed E-state index contributed by atoms with van der Waals surface area (Å²) in [5.41, 5.74) is 2.32. The van der Waals surface area contributed by atoms with E-state index in [0.29, 0.717) is 10.9 Å². The third-order valence-electron chi connectivity index (χ3n) is 4.33. The summed E-state index contributed by atoms with van der Waals surface area (Å²) >= 11 is 3.07. The maximum Gasteiger partial charge on any atom is 0.237 e. The largest absolute Gasteiger partial charge is 0.325 e. The molecule has 4 nitrogen and oxygen atoms in total. The number of carbonyl (C=O) groups excluding carboxylic acids is 2. The van der Waals surface area contributed by atoms with Gasteiger partial charge in [0.25, 0.3) is 0 Å². The van der Waals surface area contributed by atoms with Gasteiger partial charge in [-0.05, 0) is 68.3 Å². The topological polar surface area (TPSA) is 58.2 Å². The molecule has 2 aromatic rings. The van der Waals surface area contributed by atoms with Crippen LogP contribution in [0.1, 0.15) is 32.8 Å². The molecule has 2 unspecified atom stereocenters. The summed E-state index contributed by atoms with van der Waals surface area (Å²) in [5, 5.41) is 5.79. The summed E-state index contributed by atoms with van der Waals surface area (Å²) in [6.07, 6.45) is 1.10. The van der Waals surface area contributed by atoms with E-state index >= 15 is 0 Å². The number of rotatable bonds is 9. The van der Waals surface area contributed by atoms with Gasteiger partial charge in [0, 0.05) is 21.5 Å². The molecule has 0 aliphatic carbocycles. The predicted octanol–water partition coefficient (Wildman–Crippen LogP) is 5.72. The number of halogens is 1. The Bertz CT molecular complexity index is 843. The summed E-state index contributed by atoms with van der Waals surface area (Å²) in [7, 11) is 0. The summed E-state index contributed by atoms with van der Waals surface area (Å²) in [5.74, 6) is -0.599. The van der Waals surface area contributed by atoms with Crippen LogP contribution in [0.3, 0.4) is 0 Å². The number of benzene rings is 2. The molecule has 2 N–H and O–H groups in total. The van der Waals surface area contributed by atoms with Crippen LogP contribution < -0.4 is 10.6 Å². The monoisotopic (exact) mass is 434 g/mol. The van der Waals surface area contributed by atoms with Gasteiger partial charge in [-0.15, -0.1) is 23.5 Å². The molecule has 2 amide bonds. The van der Waals surface area contributed by atoms with Gasteiger partial charge in [-0.1, -0.05) is 13.8 Å². The lowest BCUT2D eigenvalue weighted by atomic mass is 10.2. The van der Waals surface area contributed by atoms with Crippen molar-refractivity contribution < 1.29 is 14.0 Å². The smallest absolute Gasteiger partial charge is 0.237 e. The molecule has 156 valence electrons. The van der Waals surface area contributed by atoms with Gasteiger partial charge in [0.1, 0.15) is 5.82 Å². The second-order valence-electron chi connectivity index (χ2n) is 6.81. The molecule has 7 heteroatoms. The molecule has 0 aliphatic heterocycles. The number of aryl methyl sites for hydroxylation is 1. The van der Waals surface area contributed by atoms with Crippen molar-refractivity contribution >= 4 is 46.7 Å². The van der Waals surface area contributed by atoms with E-state index in [1.54, 1.807) is 6.92 Å². The average Bonchev–Trinajstić information content (AvgIpc) is 2.69. The molecule has 0 saturated heterocycles. The van der Waals surface area contributed by atoms with Crippen LogP contribution in [-0.2, 0) is 9.59 Å². The maximum absolute atomic E-state index is 12.9. The third-order valence-corrected chi connectivity index (χ3v) is 6.73. The number of nitrogens with one attached hydrogen (secondary N) is 2. The first-order chi connectivity index (χ1) is 13.8. The van der Waals surface area contributed by atoms with Gasteiger partial charge in [-0.3, -0.25) is 9.59 Å². The fraction of sp³-hybridized carbons (Fsp3) is 0.364. The molecule has 2 rings (SSSR count). The molecule has 0 aromatic heterocycles. The molecule has 2 aromatic carbocycles. The molecule has 0 spiro atoms. The van der Waals surface area contributed by atoms with Crippen molar-refractivity contribution in [3.8, 4) is 0 Å². The van der Waals surface area contributed by atoms with Gasteiger partial charge >= 0.3 is 0 Å². The van der Waals surface area contributed by atoms with E-state index in [1.807, 2.05) is 30.8 Å². The van der Waals surface area contributed by atoms with Gasteiger partial charge < -0.3 is 10.6 Å². The first kappa shape index (κ1) is 23.3. The molecular weight excluding hydrogens is 407 g/mol. The average molecular weight is 435 g/mol. The first-order valence-corrected chi connectivity index (χ1v) is 11.5. The zero-order chi connectivity index (χ0) is 21.4. The molecule has 0 fully saturated rings. The minimum absolute atomic E-state index is 0.134. The van der Waals surface area contributed by atoms with Gasteiger partial charge in [-0.2, -0.15) is 0 Å². The molecule has 0 radical (unpaired) electrons. The van der Waals surface area contributed by atoms with Crippen LogP contribution >= 0.6 is 23.5 Å². The number of carbonyl (C=O) groups is 2. The Hall–Kier alpha value is -1.99. The standard InChI is InChI=1S/C22H27FN2O2S2/c1-5-15(3)29-19-10-11-20(14(2)12-19)25-22(27)16(4)28-13-21(26)24-18-8-6-17(23)7-9-18/h6-12,15-16H,5,13H2,1-4H3,(H,24,26)(H,25,27). The van der Waals surface area contributed by atoms with Crippen LogP contribution in [0.15, 0.2) is 47.4 Å². The number of hydrogen-bond donors (Lipinski definition) is 2. The van der Waals surface area contributed by atoms with E-state index in [1.165, 1.54) is 40.9 Å². The highest BCUT2D eigenvalue weighted by atomic mass is 32.2. The van der Waals surface area contributed by atoms with Crippen LogP contribution in [0.2, 0.25) is 0 Å². The van der Waals surface area contributed by atoms with Crippen molar-refractivity contribution in [3.63, 3.8) is 0 Å². The molecule has 0 saturated carbocycles. The molecule has 0 aliphatic rings. The van der Waals surface area contributed by atoms with Crippen molar-refractivity contribution in [1.82, 2.24) is 0 Å². The fourth-order valence-corrected chi connectivity index (χ4v) is 4.11. The molecular formula is C22H27FN2O2S2. The fourth-order valence-electron chi connectivity index (χ4n) is 2.41. The van der Waals surface area contributed by atoms with Crippen LogP contribution in [0, 0.1) is 12.7 Å². The highest BCUT2D eigenvalue weighted by molar-refractivity contribution is 8.01. The Morgan fingerprint density at radius 3 is 2.38 bits per heavy atom. The Kier molecular flexibility index (Phi) is 9.04. The molecule has 0 bridgehead atoms. The van der Waals surface area contributed by atoms with E-state index in [4.69, 9.17) is 0 Å². The SMILES string of the molecule is CCC(C)Sc1ccc(NC(=O)C(C)SCC(=O)Nc2ccc(F)cc2)c(C)c1. The van der Waals surface area contributed by atoms with Gasteiger partial charge in [0.2, 0.25) is 11.8 Å². The van der Waals surface area contributed by atoms with Gasteiger partial charge in [-0.25, -0.2) is 4.39 Å². The van der Waals surface area contributed by atoms with E-state index in [9.17, 15) is 14.0 Å². The predicted molar refractivity (Wildman–Crippen MR) is 122 cm³/mol. The van der Waals surface area contributed by atoms with Crippen molar-refractivity contribution in [1.29, 1.82) is 0 Å². The Labute approximate surface area is 180 Å². The summed E-state index contributed by atoms with van der Waals surface area (Å²) in [6, 6.07) is 11.6. The quantitative estimate of drug-likeness (QED) is 0.495. The van der Waals surface area contributed by atoms with Crippen LogP contribution in [0.5, 0.6) is 0 Å². The van der Waals surface area contributed by atoms with Gasteiger partial charge in [0.15, 0.2) is 0 Å². The van der Waals surface area contributed by atoms with E-state index in [2.05, 4.69) is 30.5 Å². The minimum Gasteiger partial charge on any atom is -0.325 e. The number of thioether (sulfide) groups is 2.